The Balaban J connectivity index is 1.66. The van der Waals surface area contributed by atoms with Crippen LogP contribution in [-0.4, -0.2) is 46.7 Å². The highest BCUT2D eigenvalue weighted by Crippen LogP contribution is 2.18. The number of rotatable bonds is 5. The van der Waals surface area contributed by atoms with Crippen molar-refractivity contribution in [1.29, 1.82) is 0 Å². The summed E-state index contributed by atoms with van der Waals surface area (Å²) in [5, 5.41) is 0. The molecule has 2 aromatic heterocycles. The van der Waals surface area contributed by atoms with Gasteiger partial charge in [0.05, 0.1) is 26.0 Å². The lowest BCUT2D eigenvalue weighted by molar-refractivity contribution is 0.0765. The molecule has 124 valence electrons. The number of fused-ring (bicyclic) bond motifs is 1. The monoisotopic (exact) mass is 336 g/mol. The summed E-state index contributed by atoms with van der Waals surface area (Å²) in [4.78, 5) is 8.30. The van der Waals surface area contributed by atoms with E-state index in [1.807, 2.05) is 22.9 Å². The van der Waals surface area contributed by atoms with Crippen LogP contribution < -0.4 is 0 Å². The molecule has 1 aliphatic heterocycles. The van der Waals surface area contributed by atoms with E-state index in [-0.39, 0.29) is 5.92 Å². The molecule has 0 saturated heterocycles. The molecule has 0 radical (unpaired) electrons. The van der Waals surface area contributed by atoms with E-state index in [0.717, 1.165) is 11.4 Å². The third kappa shape index (κ3) is 4.15. The molecule has 3 rings (SSSR count). The van der Waals surface area contributed by atoms with Crippen molar-refractivity contribution < 1.29 is 13.2 Å². The van der Waals surface area contributed by atoms with Crippen LogP contribution in [0.5, 0.6) is 0 Å². The van der Waals surface area contributed by atoms with Crippen molar-refractivity contribution in [2.75, 3.05) is 19.4 Å². The number of hydrogen-bond donors (Lipinski definition) is 0. The highest BCUT2D eigenvalue weighted by Gasteiger charge is 2.27. The first-order valence-electron chi connectivity index (χ1n) is 7.44. The average molecular weight is 336 g/mol. The number of ether oxygens (including phenoxy) is 1. The molecule has 1 atom stereocenters. The van der Waals surface area contributed by atoms with Gasteiger partial charge in [0.1, 0.15) is 5.82 Å². The van der Waals surface area contributed by atoms with Crippen LogP contribution in [0.1, 0.15) is 11.4 Å². The van der Waals surface area contributed by atoms with Gasteiger partial charge in [0.2, 0.25) is 10.0 Å². The van der Waals surface area contributed by atoms with Crippen molar-refractivity contribution in [3.05, 3.63) is 48.3 Å². The van der Waals surface area contributed by atoms with Gasteiger partial charge in [0, 0.05) is 43.8 Å². The van der Waals surface area contributed by atoms with Gasteiger partial charge in [-0.25, -0.2) is 13.4 Å². The maximum absolute atomic E-state index is 12.0. The van der Waals surface area contributed by atoms with E-state index in [2.05, 4.69) is 9.97 Å². The third-order valence-electron chi connectivity index (χ3n) is 3.85. The van der Waals surface area contributed by atoms with Gasteiger partial charge in [0.25, 0.3) is 0 Å². The number of sulfonamides is 1. The van der Waals surface area contributed by atoms with Crippen LogP contribution in [0.4, 0.5) is 0 Å². The molecule has 0 N–H and O–H groups in total. The summed E-state index contributed by atoms with van der Waals surface area (Å²) < 4.78 is 33.1. The van der Waals surface area contributed by atoms with Gasteiger partial charge in [-0.05, 0) is 11.6 Å². The number of pyridine rings is 1. The molecule has 0 aromatic carbocycles. The third-order valence-corrected chi connectivity index (χ3v) is 5.07. The summed E-state index contributed by atoms with van der Waals surface area (Å²) in [5.41, 5.74) is 1.00. The Bertz CT molecular complexity index is 745. The van der Waals surface area contributed by atoms with Gasteiger partial charge in [0.15, 0.2) is 0 Å². The molecule has 0 bridgehead atoms. The van der Waals surface area contributed by atoms with Crippen molar-refractivity contribution in [2.24, 2.45) is 5.92 Å². The predicted molar refractivity (Wildman–Crippen MR) is 84.9 cm³/mol. The number of aromatic nitrogens is 3. The fourth-order valence-electron chi connectivity index (χ4n) is 2.69. The number of imidazole rings is 1. The highest BCUT2D eigenvalue weighted by molar-refractivity contribution is 7.88. The van der Waals surface area contributed by atoms with E-state index in [1.54, 1.807) is 18.6 Å². The van der Waals surface area contributed by atoms with Gasteiger partial charge in [-0.2, -0.15) is 4.31 Å². The Morgan fingerprint density at radius 2 is 2.22 bits per heavy atom. The lowest BCUT2D eigenvalue weighted by Gasteiger charge is -2.21. The molecule has 1 aliphatic rings. The summed E-state index contributed by atoms with van der Waals surface area (Å²) in [6.45, 7) is 2.41. The van der Waals surface area contributed by atoms with Crippen molar-refractivity contribution in [3.63, 3.8) is 0 Å². The number of nitrogens with zero attached hydrogens (tertiary/aromatic N) is 4. The summed E-state index contributed by atoms with van der Waals surface area (Å²) in [6, 6.07) is 3.82. The van der Waals surface area contributed by atoms with Gasteiger partial charge >= 0.3 is 0 Å². The first-order valence-corrected chi connectivity index (χ1v) is 9.29. The van der Waals surface area contributed by atoms with Crippen LogP contribution in [0.15, 0.2) is 36.9 Å². The van der Waals surface area contributed by atoms with Crippen molar-refractivity contribution in [3.8, 4) is 0 Å². The molecule has 0 spiro atoms. The minimum Gasteiger partial charge on any atom is -0.376 e. The van der Waals surface area contributed by atoms with E-state index in [1.165, 1.54) is 10.6 Å². The Labute approximate surface area is 136 Å². The zero-order valence-corrected chi connectivity index (χ0v) is 13.8. The lowest BCUT2D eigenvalue weighted by Crippen LogP contribution is -2.34. The molecule has 7 nitrogen and oxygen atoms in total. The highest BCUT2D eigenvalue weighted by atomic mass is 32.2. The summed E-state index contributed by atoms with van der Waals surface area (Å²) in [6.07, 6.45) is 8.31. The van der Waals surface area contributed by atoms with Crippen molar-refractivity contribution in [2.45, 2.75) is 19.7 Å². The Morgan fingerprint density at radius 1 is 1.35 bits per heavy atom. The minimum absolute atomic E-state index is 0.0804. The normalized spacial score (nSPS) is 19.3. The van der Waals surface area contributed by atoms with Gasteiger partial charge < -0.3 is 9.30 Å². The largest absolute Gasteiger partial charge is 0.376 e. The second-order valence-corrected chi connectivity index (χ2v) is 7.78. The van der Waals surface area contributed by atoms with Crippen LogP contribution in [0.25, 0.3) is 0 Å². The molecule has 0 aliphatic carbocycles. The zero-order chi connectivity index (χ0) is 16.3. The molecule has 0 saturated carbocycles. The van der Waals surface area contributed by atoms with Crippen LogP contribution >= 0.6 is 0 Å². The van der Waals surface area contributed by atoms with Crippen LogP contribution in [0, 0.1) is 5.92 Å². The SMILES string of the molecule is CS(=O)(=O)N1Cc2nccn2CC(COCc2cccnc2)C1. The predicted octanol–water partition coefficient (Wildman–Crippen LogP) is 0.886. The molecule has 0 amide bonds. The summed E-state index contributed by atoms with van der Waals surface area (Å²) in [5.74, 6) is 0.849. The standard InChI is InChI=1S/C15H20N4O3S/c1-23(20,21)19-9-14(8-18-6-5-17-15(18)10-19)12-22-11-13-3-2-4-16-7-13/h2-7,14H,8-12H2,1H3. The van der Waals surface area contributed by atoms with E-state index in [0.29, 0.717) is 32.8 Å². The van der Waals surface area contributed by atoms with E-state index in [4.69, 9.17) is 4.74 Å². The quantitative estimate of drug-likeness (QED) is 0.810. The van der Waals surface area contributed by atoms with Crippen LogP contribution in [-0.2, 0) is 34.5 Å². The number of hydrogen-bond acceptors (Lipinski definition) is 5. The molecular formula is C15H20N4O3S. The molecule has 2 aromatic rings. The van der Waals surface area contributed by atoms with E-state index in [9.17, 15) is 8.42 Å². The van der Waals surface area contributed by atoms with Gasteiger partial charge in [-0.3, -0.25) is 4.98 Å². The Morgan fingerprint density at radius 3 is 2.96 bits per heavy atom. The maximum atomic E-state index is 12.0. The first kappa shape index (κ1) is 16.1. The fraction of sp³-hybridized carbons (Fsp3) is 0.467. The average Bonchev–Trinajstić information content (AvgIpc) is 2.86. The van der Waals surface area contributed by atoms with Crippen molar-refractivity contribution in [1.82, 2.24) is 18.8 Å². The Hall–Kier alpha value is -1.77. The van der Waals surface area contributed by atoms with Crippen LogP contribution in [0.2, 0.25) is 0 Å². The molecule has 1 unspecified atom stereocenters. The molecule has 8 heteroatoms. The topological polar surface area (TPSA) is 77.3 Å². The van der Waals surface area contributed by atoms with Gasteiger partial charge in [-0.1, -0.05) is 6.07 Å². The van der Waals surface area contributed by atoms with Crippen LogP contribution in [0.3, 0.4) is 0 Å². The second-order valence-electron chi connectivity index (χ2n) is 5.79. The molecule has 23 heavy (non-hydrogen) atoms. The van der Waals surface area contributed by atoms with E-state index >= 15 is 0 Å². The molecule has 0 fully saturated rings. The first-order chi connectivity index (χ1) is 11.0. The lowest BCUT2D eigenvalue weighted by atomic mass is 10.1. The van der Waals surface area contributed by atoms with Crippen molar-refractivity contribution >= 4 is 10.0 Å². The molecular weight excluding hydrogens is 316 g/mol. The molecule has 3 heterocycles. The second kappa shape index (κ2) is 6.77. The maximum Gasteiger partial charge on any atom is 0.211 e. The summed E-state index contributed by atoms with van der Waals surface area (Å²) in [7, 11) is -3.27. The zero-order valence-electron chi connectivity index (χ0n) is 13.0. The summed E-state index contributed by atoms with van der Waals surface area (Å²) >= 11 is 0. The minimum atomic E-state index is -3.27. The van der Waals surface area contributed by atoms with E-state index < -0.39 is 10.0 Å². The van der Waals surface area contributed by atoms with Gasteiger partial charge in [-0.15, -0.1) is 0 Å². The fourth-order valence-corrected chi connectivity index (χ4v) is 3.52. The smallest absolute Gasteiger partial charge is 0.211 e. The Kier molecular flexibility index (Phi) is 4.74.